The van der Waals surface area contributed by atoms with Crippen molar-refractivity contribution in [1.29, 1.82) is 0 Å². The topological polar surface area (TPSA) is 58.4 Å². The van der Waals surface area contributed by atoms with Crippen molar-refractivity contribution in [3.05, 3.63) is 33.1 Å². The van der Waals surface area contributed by atoms with Crippen LogP contribution in [0.4, 0.5) is 15.8 Å². The van der Waals surface area contributed by atoms with Gasteiger partial charge < -0.3 is 5.32 Å². The molecule has 1 heterocycles. The molecule has 1 saturated heterocycles. The first-order chi connectivity index (χ1) is 9.58. The lowest BCUT2D eigenvalue weighted by atomic mass is 10.2. The minimum absolute atomic E-state index is 0.170. The Morgan fingerprint density at radius 2 is 2.15 bits per heavy atom. The fraction of sp³-hybridized carbons (Fsp3) is 0.500. The van der Waals surface area contributed by atoms with E-state index in [1.807, 2.05) is 11.8 Å². The van der Waals surface area contributed by atoms with Gasteiger partial charge in [-0.15, -0.1) is 0 Å². The summed E-state index contributed by atoms with van der Waals surface area (Å²) in [5.74, 6) is 1.56. The molecule has 110 valence electrons. The number of thioether (sulfide) groups is 1. The molecule has 0 radical (unpaired) electrons. The van der Waals surface area contributed by atoms with Gasteiger partial charge in [0.2, 0.25) is 0 Å². The molecule has 0 bridgehead atoms. The quantitative estimate of drug-likeness (QED) is 0.668. The van der Waals surface area contributed by atoms with E-state index in [9.17, 15) is 14.5 Å². The summed E-state index contributed by atoms with van der Waals surface area (Å²) in [6.07, 6.45) is 0. The summed E-state index contributed by atoms with van der Waals surface area (Å²) in [5.41, 5.74) is -0.0334. The van der Waals surface area contributed by atoms with Gasteiger partial charge in [0, 0.05) is 49.8 Å². The highest BCUT2D eigenvalue weighted by atomic mass is 35.5. The summed E-state index contributed by atoms with van der Waals surface area (Å²) in [5, 5.41) is 13.6. The van der Waals surface area contributed by atoms with Crippen LogP contribution < -0.4 is 5.32 Å². The summed E-state index contributed by atoms with van der Waals surface area (Å²) in [6.45, 7) is 3.35. The first-order valence-corrected chi connectivity index (χ1v) is 7.78. The van der Waals surface area contributed by atoms with Gasteiger partial charge in [-0.3, -0.25) is 15.0 Å². The Morgan fingerprint density at radius 3 is 2.80 bits per heavy atom. The van der Waals surface area contributed by atoms with Crippen LogP contribution in [0.1, 0.15) is 0 Å². The first-order valence-electron chi connectivity index (χ1n) is 6.25. The minimum atomic E-state index is -0.658. The fourth-order valence-corrected chi connectivity index (χ4v) is 3.14. The van der Waals surface area contributed by atoms with Crippen molar-refractivity contribution in [3.8, 4) is 0 Å². The highest BCUT2D eigenvalue weighted by Crippen LogP contribution is 2.30. The number of hydrogen-bond donors (Lipinski definition) is 1. The summed E-state index contributed by atoms with van der Waals surface area (Å²) < 4.78 is 13.4. The number of nitro benzene ring substituents is 1. The van der Waals surface area contributed by atoms with Crippen LogP contribution in [0.5, 0.6) is 0 Å². The van der Waals surface area contributed by atoms with Crippen molar-refractivity contribution in [2.75, 3.05) is 43.0 Å². The number of nitrogens with one attached hydrogen (secondary N) is 1. The number of hydrogen-bond acceptors (Lipinski definition) is 5. The highest BCUT2D eigenvalue weighted by Gasteiger charge is 2.18. The number of anilines is 1. The van der Waals surface area contributed by atoms with E-state index in [4.69, 9.17) is 11.6 Å². The van der Waals surface area contributed by atoms with E-state index in [0.29, 0.717) is 6.54 Å². The molecule has 0 atom stereocenters. The van der Waals surface area contributed by atoms with Crippen LogP contribution in [0.15, 0.2) is 12.1 Å². The summed E-state index contributed by atoms with van der Waals surface area (Å²) in [7, 11) is 0. The second kappa shape index (κ2) is 7.10. The Kier molecular flexibility index (Phi) is 5.45. The van der Waals surface area contributed by atoms with Gasteiger partial charge in [-0.25, -0.2) is 4.39 Å². The zero-order valence-electron chi connectivity index (χ0n) is 10.8. The normalized spacial score (nSPS) is 16.1. The van der Waals surface area contributed by atoms with Crippen molar-refractivity contribution in [2.24, 2.45) is 0 Å². The fourth-order valence-electron chi connectivity index (χ4n) is 2.00. The average Bonchev–Trinajstić information content (AvgIpc) is 2.43. The molecule has 5 nitrogen and oxygen atoms in total. The van der Waals surface area contributed by atoms with Crippen molar-refractivity contribution < 1.29 is 9.31 Å². The molecule has 1 aliphatic heterocycles. The number of nitro groups is 1. The van der Waals surface area contributed by atoms with Gasteiger partial charge in [-0.1, -0.05) is 11.6 Å². The Morgan fingerprint density at radius 1 is 1.45 bits per heavy atom. The smallest absolute Gasteiger partial charge is 0.294 e. The van der Waals surface area contributed by atoms with Gasteiger partial charge in [0.05, 0.1) is 9.95 Å². The standard InChI is InChI=1S/C12H15ClFN3O2S/c13-9-7-12(17(18)19)11(8-10(9)14)15-1-2-16-3-5-20-6-4-16/h7-8,15H,1-6H2. The Balaban J connectivity index is 1.97. The number of benzene rings is 1. The van der Waals surface area contributed by atoms with Gasteiger partial charge in [0.1, 0.15) is 11.5 Å². The molecule has 2 rings (SSSR count). The number of halogens is 2. The summed E-state index contributed by atoms with van der Waals surface area (Å²) >= 11 is 7.49. The molecule has 20 heavy (non-hydrogen) atoms. The van der Waals surface area contributed by atoms with Gasteiger partial charge >= 0.3 is 0 Å². The Bertz CT molecular complexity index is 498. The SMILES string of the molecule is O=[N+]([O-])c1cc(Cl)c(F)cc1NCCN1CCSCC1. The molecule has 0 aromatic heterocycles. The third kappa shape index (κ3) is 3.97. The first kappa shape index (κ1) is 15.3. The van der Waals surface area contributed by atoms with Crippen LogP contribution in [0.3, 0.4) is 0 Å². The third-order valence-corrected chi connectivity index (χ3v) is 4.31. The van der Waals surface area contributed by atoms with E-state index in [1.165, 1.54) is 0 Å². The number of nitrogens with zero attached hydrogens (tertiary/aromatic N) is 2. The molecule has 0 unspecified atom stereocenters. The van der Waals surface area contributed by atoms with Crippen molar-refractivity contribution in [1.82, 2.24) is 4.90 Å². The summed E-state index contributed by atoms with van der Waals surface area (Å²) in [6, 6.07) is 2.11. The van der Waals surface area contributed by atoms with E-state index >= 15 is 0 Å². The highest BCUT2D eigenvalue weighted by molar-refractivity contribution is 7.99. The van der Waals surface area contributed by atoms with Gasteiger partial charge in [-0.05, 0) is 0 Å². The predicted molar refractivity (Wildman–Crippen MR) is 80.3 cm³/mol. The van der Waals surface area contributed by atoms with Crippen LogP contribution >= 0.6 is 23.4 Å². The maximum atomic E-state index is 13.4. The van der Waals surface area contributed by atoms with E-state index in [2.05, 4.69) is 10.2 Å². The van der Waals surface area contributed by atoms with Crippen molar-refractivity contribution in [3.63, 3.8) is 0 Å². The van der Waals surface area contributed by atoms with Crippen LogP contribution in [0.25, 0.3) is 0 Å². The van der Waals surface area contributed by atoms with Crippen LogP contribution in [0.2, 0.25) is 5.02 Å². The average molecular weight is 320 g/mol. The molecule has 8 heteroatoms. The van der Waals surface area contributed by atoms with Crippen molar-refractivity contribution >= 4 is 34.7 Å². The monoisotopic (exact) mass is 319 g/mol. The summed E-state index contributed by atoms with van der Waals surface area (Å²) in [4.78, 5) is 12.6. The molecular formula is C12H15ClFN3O2S. The molecule has 0 aliphatic carbocycles. The second-order valence-corrected chi connectivity index (χ2v) is 6.05. The van der Waals surface area contributed by atoms with Gasteiger partial charge in [-0.2, -0.15) is 11.8 Å². The Hall–Kier alpha value is -1.05. The van der Waals surface area contributed by atoms with Gasteiger partial charge in [0.25, 0.3) is 5.69 Å². The van der Waals surface area contributed by atoms with E-state index < -0.39 is 10.7 Å². The second-order valence-electron chi connectivity index (χ2n) is 4.42. The molecular weight excluding hydrogens is 305 g/mol. The zero-order chi connectivity index (χ0) is 14.5. The lowest BCUT2D eigenvalue weighted by molar-refractivity contribution is -0.384. The third-order valence-electron chi connectivity index (χ3n) is 3.08. The minimum Gasteiger partial charge on any atom is -0.378 e. The lowest BCUT2D eigenvalue weighted by Gasteiger charge is -2.26. The molecule has 0 amide bonds. The molecule has 0 saturated carbocycles. The van der Waals surface area contributed by atoms with Crippen LogP contribution in [-0.2, 0) is 0 Å². The van der Waals surface area contributed by atoms with Gasteiger partial charge in [0.15, 0.2) is 0 Å². The van der Waals surface area contributed by atoms with E-state index in [-0.39, 0.29) is 16.4 Å². The number of rotatable bonds is 5. The largest absolute Gasteiger partial charge is 0.378 e. The molecule has 1 fully saturated rings. The Labute approximate surface area is 125 Å². The van der Waals surface area contributed by atoms with Crippen LogP contribution in [-0.4, -0.2) is 47.5 Å². The molecule has 0 spiro atoms. The maximum absolute atomic E-state index is 13.4. The molecule has 1 aromatic carbocycles. The molecule has 1 aromatic rings. The zero-order valence-corrected chi connectivity index (χ0v) is 12.3. The van der Waals surface area contributed by atoms with Crippen LogP contribution in [0, 0.1) is 15.9 Å². The van der Waals surface area contributed by atoms with E-state index in [1.54, 1.807) is 0 Å². The maximum Gasteiger partial charge on any atom is 0.294 e. The molecule has 1 aliphatic rings. The van der Waals surface area contributed by atoms with Crippen molar-refractivity contribution in [2.45, 2.75) is 0 Å². The molecule has 1 N–H and O–H groups in total. The predicted octanol–water partition coefficient (Wildman–Crippen LogP) is 2.85. The lowest BCUT2D eigenvalue weighted by Crippen LogP contribution is -2.36. The van der Waals surface area contributed by atoms with E-state index in [0.717, 1.165) is 43.3 Å².